The smallest absolute Gasteiger partial charge is 0.366 e. The molecule has 0 spiro atoms. The summed E-state index contributed by atoms with van der Waals surface area (Å²) >= 11 is 0. The molecule has 0 bridgehead atoms. The first-order valence-electron chi connectivity index (χ1n) is 33.8. The van der Waals surface area contributed by atoms with Crippen molar-refractivity contribution >= 4 is 41.7 Å². The van der Waals surface area contributed by atoms with Crippen molar-refractivity contribution in [2.45, 2.75) is 244 Å². The third kappa shape index (κ3) is 26.8. The lowest BCUT2D eigenvalue weighted by Gasteiger charge is -2.49. The van der Waals surface area contributed by atoms with Crippen molar-refractivity contribution in [3.63, 3.8) is 0 Å². The van der Waals surface area contributed by atoms with Crippen LogP contribution in [-0.4, -0.2) is 154 Å². The molecule has 2 heterocycles. The SMILES string of the molecule is CCCCCCCCCCCCC[C@@H](OCc1ccccc1)[C@@H](OCc1ccccc1)[C@H](CO[C@@H]1O[C@H](CO[C@]2(C(=O)OC)C[C@H](OC(C)=O)[C@@H](NC(C)=O)[C@H]([C@H](OC(C)=O)[C@@H](COC(C)=O)OC(C)=O)O2)[C@@H](OCc2ccccc2)[C@H](OCc2ccccc2)[C@H]1OC(C)=O)N=[N+]=[N-]. The lowest BCUT2D eigenvalue weighted by molar-refractivity contribution is -0.347. The van der Waals surface area contributed by atoms with Crippen LogP contribution in [0.15, 0.2) is 126 Å². The number of rotatable bonds is 43. The first-order valence-corrected chi connectivity index (χ1v) is 33.8. The maximum absolute atomic E-state index is 14.8. The van der Waals surface area contributed by atoms with E-state index >= 15 is 0 Å². The van der Waals surface area contributed by atoms with E-state index in [1.807, 2.05) is 121 Å². The molecule has 0 aliphatic carbocycles. The number of carbonyl (C=O) groups is 7. The van der Waals surface area contributed by atoms with E-state index < -0.39 is 153 Å². The van der Waals surface area contributed by atoms with Crippen LogP contribution >= 0.6 is 0 Å². The van der Waals surface area contributed by atoms with Crippen LogP contribution in [0.25, 0.3) is 10.4 Å². The average molecular weight is 1370 g/mol. The highest BCUT2D eigenvalue weighted by molar-refractivity contribution is 5.79. The molecule has 25 heteroatoms. The van der Waals surface area contributed by atoms with Gasteiger partial charge in [0.25, 0.3) is 5.79 Å². The Hall–Kier alpha value is -7.84. The molecule has 0 saturated carbocycles. The molecule has 536 valence electrons. The van der Waals surface area contributed by atoms with E-state index in [-0.39, 0.29) is 26.4 Å². The van der Waals surface area contributed by atoms with E-state index in [4.69, 9.17) is 66.3 Å². The summed E-state index contributed by atoms with van der Waals surface area (Å²) in [5.41, 5.74) is 13.6. The largest absolute Gasteiger partial charge is 0.465 e. The molecule has 6 rings (SSSR count). The van der Waals surface area contributed by atoms with Crippen molar-refractivity contribution in [3.05, 3.63) is 154 Å². The Bertz CT molecular complexity index is 3090. The first-order chi connectivity index (χ1) is 47.3. The van der Waals surface area contributed by atoms with Gasteiger partial charge in [-0.15, -0.1) is 0 Å². The number of nitrogens with one attached hydrogen (secondary N) is 1. The second-order valence-corrected chi connectivity index (χ2v) is 24.4. The summed E-state index contributed by atoms with van der Waals surface area (Å²) in [5.74, 6) is -9.11. The van der Waals surface area contributed by atoms with Crippen LogP contribution in [-0.2, 0) is 126 Å². The molecule has 2 saturated heterocycles. The predicted molar refractivity (Wildman–Crippen MR) is 355 cm³/mol. The lowest BCUT2D eigenvalue weighted by atomic mass is 9.87. The molecule has 2 aliphatic rings. The van der Waals surface area contributed by atoms with Crippen molar-refractivity contribution in [2.75, 3.05) is 26.9 Å². The molecule has 2 aliphatic heterocycles. The molecule has 25 nitrogen and oxygen atoms in total. The number of amides is 1. The Kier molecular flexibility index (Phi) is 34.6. The van der Waals surface area contributed by atoms with Gasteiger partial charge in [-0.2, -0.15) is 0 Å². The fraction of sp³-hybridized carbons (Fsp3) is 0.575. The van der Waals surface area contributed by atoms with Gasteiger partial charge in [-0.25, -0.2) is 4.79 Å². The van der Waals surface area contributed by atoms with E-state index in [9.17, 15) is 39.1 Å². The fourth-order valence-electron chi connectivity index (χ4n) is 12.0. The Morgan fingerprint density at radius 1 is 0.582 bits per heavy atom. The molecule has 14 atom stereocenters. The summed E-state index contributed by atoms with van der Waals surface area (Å²) in [6.07, 6.45) is -3.76. The van der Waals surface area contributed by atoms with Crippen LogP contribution in [0.4, 0.5) is 0 Å². The van der Waals surface area contributed by atoms with Crippen LogP contribution in [0, 0.1) is 0 Å². The highest BCUT2D eigenvalue weighted by Crippen LogP contribution is 2.39. The fourth-order valence-corrected chi connectivity index (χ4v) is 12.0. The minimum atomic E-state index is -2.73. The molecule has 0 aromatic heterocycles. The van der Waals surface area contributed by atoms with Gasteiger partial charge < -0.3 is 71.6 Å². The second kappa shape index (κ2) is 42.9. The third-order valence-electron chi connectivity index (χ3n) is 16.5. The van der Waals surface area contributed by atoms with Gasteiger partial charge in [0.15, 0.2) is 24.6 Å². The predicted octanol–water partition coefficient (Wildman–Crippen LogP) is 10.9. The van der Waals surface area contributed by atoms with Gasteiger partial charge in [-0.1, -0.05) is 204 Å². The number of hydrogen-bond donors (Lipinski definition) is 1. The summed E-state index contributed by atoms with van der Waals surface area (Å²) in [5, 5.41) is 7.01. The summed E-state index contributed by atoms with van der Waals surface area (Å²) in [6, 6.07) is 34.7. The van der Waals surface area contributed by atoms with Crippen LogP contribution in [0.2, 0.25) is 0 Å². The van der Waals surface area contributed by atoms with E-state index in [2.05, 4.69) is 22.3 Å². The maximum atomic E-state index is 14.8. The Balaban J connectivity index is 1.46. The normalized spacial score (nSPS) is 22.1. The molecule has 4 aromatic carbocycles. The highest BCUT2D eigenvalue weighted by atomic mass is 16.8. The highest BCUT2D eigenvalue weighted by Gasteiger charge is 2.60. The average Bonchev–Trinajstić information content (AvgIpc) is 0.760. The topological polar surface area (TPSA) is 309 Å². The van der Waals surface area contributed by atoms with Crippen molar-refractivity contribution in [3.8, 4) is 0 Å². The first kappa shape index (κ1) is 79.1. The zero-order valence-corrected chi connectivity index (χ0v) is 57.6. The molecule has 4 aromatic rings. The van der Waals surface area contributed by atoms with Crippen LogP contribution in [0.1, 0.15) is 154 Å². The number of nitrogens with zero attached hydrogens (tertiary/aromatic N) is 3. The van der Waals surface area contributed by atoms with Gasteiger partial charge in [0.1, 0.15) is 37.1 Å². The Morgan fingerprint density at radius 2 is 1.09 bits per heavy atom. The Labute approximate surface area is 574 Å². The van der Waals surface area contributed by atoms with Gasteiger partial charge >= 0.3 is 35.8 Å². The van der Waals surface area contributed by atoms with Gasteiger partial charge in [-0.05, 0) is 34.2 Å². The van der Waals surface area contributed by atoms with Crippen molar-refractivity contribution < 1.29 is 99.9 Å². The minimum Gasteiger partial charge on any atom is -0.465 e. The zero-order valence-electron chi connectivity index (χ0n) is 57.6. The van der Waals surface area contributed by atoms with Gasteiger partial charge in [0.05, 0.1) is 77.5 Å². The molecular weight excluding hydrogens is 1270 g/mol. The zero-order chi connectivity index (χ0) is 70.7. The standard InChI is InChI=1S/C73H98N4O21/c1-9-10-11-12-13-14-15-16-17-18-31-40-60(87-42-55-32-23-19-24-33-55)65(88-43-56-34-25-20-26-35-56)59(76-77-74)46-91-71-70(96-54(7)83)69(90-45-58-38-29-22-30-39-58)66(89-44-57-36-27-21-28-37-57)63(97-71)48-92-73(72(84)85-8)41-61(93-51(4)80)64(75-49(2)78)68(98-73)67(95-53(6)82)62(94-52(5)81)47-86-50(3)79/h19-30,32-39,59-71H,9-18,31,40-48H2,1-8H3,(H,75,78)/t59-,60+,61-,62+,63+,64+,65-,66+,67+,68+,69-,70+,71+,73+/m0/s1. The monoisotopic (exact) mass is 1370 g/mol. The summed E-state index contributed by atoms with van der Waals surface area (Å²) in [7, 11) is 1.02. The van der Waals surface area contributed by atoms with E-state index in [1.54, 1.807) is 0 Å². The Morgan fingerprint density at radius 3 is 1.58 bits per heavy atom. The summed E-state index contributed by atoms with van der Waals surface area (Å²) < 4.78 is 88.7. The maximum Gasteiger partial charge on any atom is 0.366 e. The second-order valence-electron chi connectivity index (χ2n) is 24.4. The molecular formula is C73H98N4O21. The van der Waals surface area contributed by atoms with Crippen molar-refractivity contribution in [1.29, 1.82) is 0 Å². The molecule has 1 N–H and O–H groups in total. The number of carbonyl (C=O) groups excluding carboxylic acids is 7. The van der Waals surface area contributed by atoms with E-state index in [0.717, 1.165) is 85.0 Å². The number of ether oxygens (including phenoxy) is 14. The number of benzene rings is 4. The summed E-state index contributed by atoms with van der Waals surface area (Å²) in [4.78, 5) is 96.3. The van der Waals surface area contributed by atoms with Gasteiger partial charge in [0, 0.05) is 46.5 Å². The lowest BCUT2D eigenvalue weighted by Crippen LogP contribution is -2.70. The number of methoxy groups -OCH3 is 1. The molecule has 0 unspecified atom stereocenters. The summed E-state index contributed by atoms with van der Waals surface area (Å²) in [6.45, 7) is 6.94. The van der Waals surface area contributed by atoms with E-state index in [1.165, 1.54) is 45.4 Å². The molecule has 98 heavy (non-hydrogen) atoms. The van der Waals surface area contributed by atoms with Gasteiger partial charge in [-0.3, -0.25) is 28.8 Å². The van der Waals surface area contributed by atoms with Crippen LogP contribution < -0.4 is 5.32 Å². The number of unbranched alkanes of at least 4 members (excludes halogenated alkanes) is 10. The minimum absolute atomic E-state index is 0.0879. The van der Waals surface area contributed by atoms with Crippen LogP contribution in [0.5, 0.6) is 0 Å². The molecule has 2 fully saturated rings. The quantitative estimate of drug-likeness (QED) is 0.0107. The number of esters is 6. The molecule has 0 radical (unpaired) electrons. The van der Waals surface area contributed by atoms with Crippen molar-refractivity contribution in [2.24, 2.45) is 5.11 Å². The van der Waals surface area contributed by atoms with Crippen molar-refractivity contribution in [1.82, 2.24) is 5.32 Å². The van der Waals surface area contributed by atoms with Crippen LogP contribution in [0.3, 0.4) is 0 Å². The number of azide groups is 1. The number of hydrogen-bond acceptors (Lipinski definition) is 22. The van der Waals surface area contributed by atoms with Gasteiger partial charge in [0.2, 0.25) is 5.91 Å². The van der Waals surface area contributed by atoms with E-state index in [0.29, 0.717) is 17.5 Å². The third-order valence-corrected chi connectivity index (χ3v) is 16.5. The molecule has 1 amide bonds.